The van der Waals surface area contributed by atoms with E-state index >= 15 is 0 Å². The molecule has 0 fully saturated rings. The normalized spacial score (nSPS) is 12.5. The Balaban J connectivity index is 2.07. The van der Waals surface area contributed by atoms with Crippen molar-refractivity contribution in [2.45, 2.75) is 0 Å². The lowest BCUT2D eigenvalue weighted by molar-refractivity contribution is 0.491. The van der Waals surface area contributed by atoms with Crippen molar-refractivity contribution in [1.29, 1.82) is 0 Å². The van der Waals surface area contributed by atoms with Crippen LogP contribution in [-0.2, 0) is 20.2 Å². The summed E-state index contributed by atoms with van der Waals surface area (Å²) in [6.45, 7) is 0. The molecule has 4 rings (SSSR count). The van der Waals surface area contributed by atoms with E-state index < -0.39 is 30.0 Å². The lowest BCUT2D eigenvalue weighted by Crippen LogP contribution is -2.13. The van der Waals surface area contributed by atoms with Gasteiger partial charge in [0.15, 0.2) is 0 Å². The van der Waals surface area contributed by atoms with Crippen LogP contribution in [0.25, 0.3) is 9.81 Å². The van der Waals surface area contributed by atoms with E-state index in [1.165, 1.54) is 67.8 Å². The second kappa shape index (κ2) is 10.1. The monoisotopic (exact) mass is 528 g/mol. The predicted molar refractivity (Wildman–Crippen MR) is 129 cm³/mol. The van der Waals surface area contributed by atoms with Gasteiger partial charge in [0, 0.05) is 5.56 Å². The van der Waals surface area contributed by atoms with Gasteiger partial charge in [0.2, 0.25) is 11.9 Å². The van der Waals surface area contributed by atoms with Crippen molar-refractivity contribution in [3.05, 3.63) is 85.0 Å². The quantitative estimate of drug-likeness (QED) is 0.191. The zero-order valence-corrected chi connectivity index (χ0v) is 19.6. The van der Waals surface area contributed by atoms with Crippen LogP contribution >= 0.6 is 0 Å². The number of hydrogen-bond donors (Lipinski definition) is 4. The molecule has 0 saturated heterocycles. The Morgan fingerprint density at radius 1 is 0.639 bits per heavy atom. The third-order valence-corrected chi connectivity index (χ3v) is 6.56. The molecule has 0 aliphatic carbocycles. The maximum absolute atomic E-state index is 12.7. The van der Waals surface area contributed by atoms with E-state index in [0.29, 0.717) is 0 Å². The molecule has 0 spiro atoms. The van der Waals surface area contributed by atoms with Gasteiger partial charge in [-0.25, -0.2) is 29.9 Å². The summed E-state index contributed by atoms with van der Waals surface area (Å²) in [6, 6.07) is 11.1. The van der Waals surface area contributed by atoms with E-state index in [2.05, 4.69) is 40.5 Å². The smallest absolute Gasteiger partial charge is 0.296 e. The summed E-state index contributed by atoms with van der Waals surface area (Å²) < 4.78 is 70.5. The van der Waals surface area contributed by atoms with Crippen LogP contribution in [0.5, 0.6) is 0 Å². The number of nitrogens with one attached hydrogen (secondary N) is 2. The topological polar surface area (TPSA) is 210 Å². The van der Waals surface area contributed by atoms with Gasteiger partial charge >= 0.3 is 0 Å². The maximum Gasteiger partial charge on any atom is 0.296 e. The summed E-state index contributed by atoms with van der Waals surface area (Å²) in [7, 11) is -10.5. The fourth-order valence-electron chi connectivity index (χ4n) is 3.19. The number of anilines is 4. The number of para-hydroxylation sites is 1. The minimum atomic E-state index is -5.27. The summed E-state index contributed by atoms with van der Waals surface area (Å²) in [5, 5.41) is 5.64. The average Bonchev–Trinajstić information content (AvgIpc) is 2.84. The molecule has 14 nitrogen and oxygen atoms in total. The van der Waals surface area contributed by atoms with Crippen molar-refractivity contribution in [3.63, 3.8) is 0 Å². The lowest BCUT2D eigenvalue weighted by atomic mass is 10.1. The predicted octanol–water partition coefficient (Wildman–Crippen LogP) is 2.15. The van der Waals surface area contributed by atoms with Crippen molar-refractivity contribution in [3.8, 4) is 0 Å². The highest BCUT2D eigenvalue weighted by atomic mass is 32.2. The molecule has 2 aromatic carbocycles. The summed E-state index contributed by atoms with van der Waals surface area (Å²) in [5.74, 6) is 0.0234. The van der Waals surface area contributed by atoms with E-state index in [0.717, 1.165) is 0 Å². The van der Waals surface area contributed by atoms with Gasteiger partial charge in [-0.2, -0.15) is 16.8 Å². The second-order valence-corrected chi connectivity index (χ2v) is 9.59. The second-order valence-electron chi connectivity index (χ2n) is 6.88. The summed E-state index contributed by atoms with van der Waals surface area (Å²) in [4.78, 5) is 21.1. The summed E-state index contributed by atoms with van der Waals surface area (Å²) in [5.41, 5.74) is -0.472. The van der Waals surface area contributed by atoms with Gasteiger partial charge in [-0.05, 0) is 11.6 Å². The van der Waals surface area contributed by atoms with E-state index in [-0.39, 0.29) is 34.4 Å². The molecule has 2 aromatic heterocycles. The van der Waals surface area contributed by atoms with Gasteiger partial charge < -0.3 is 10.6 Å². The summed E-state index contributed by atoms with van der Waals surface area (Å²) in [6.07, 6.45) is 4.77. The maximum atomic E-state index is 12.7. The van der Waals surface area contributed by atoms with Crippen molar-refractivity contribution in [2.75, 3.05) is 10.6 Å². The molecule has 16 heteroatoms. The standard InChI is InChI=1S/C20H16N8O6S2/c29-35(30,31)17(13-5-2-1-3-6-13)18(36(32,33)34)14-7-4-8-15(27-19-23-9-21-10-24-19)16(14)28-20-25-11-22-12-26-20/h1-12H,(H,29,30,31)(H,32,33,34)(H,21,23,24,27)(H,22,25,26,28). The highest BCUT2D eigenvalue weighted by molar-refractivity contribution is 8.01. The number of aromatic nitrogens is 6. The van der Waals surface area contributed by atoms with Gasteiger partial charge in [0.05, 0.1) is 11.4 Å². The van der Waals surface area contributed by atoms with Crippen LogP contribution in [0, 0.1) is 0 Å². The van der Waals surface area contributed by atoms with Crippen LogP contribution in [0.2, 0.25) is 0 Å². The van der Waals surface area contributed by atoms with Gasteiger partial charge in [-0.1, -0.05) is 42.5 Å². The minimum absolute atomic E-state index is 0.0426. The van der Waals surface area contributed by atoms with Gasteiger partial charge in [0.1, 0.15) is 35.1 Å². The van der Waals surface area contributed by atoms with Crippen LogP contribution < -0.4 is 10.6 Å². The Labute approximate surface area is 204 Å². The zero-order chi connectivity index (χ0) is 25.8. The third kappa shape index (κ3) is 5.63. The minimum Gasteiger partial charge on any atom is -0.322 e. The number of hydrogen-bond acceptors (Lipinski definition) is 12. The molecule has 2 heterocycles. The Morgan fingerprint density at radius 3 is 1.69 bits per heavy atom. The van der Waals surface area contributed by atoms with E-state index in [4.69, 9.17) is 0 Å². The molecule has 0 aliphatic rings. The van der Waals surface area contributed by atoms with Crippen molar-refractivity contribution >= 4 is 53.3 Å². The molecule has 0 amide bonds. The largest absolute Gasteiger partial charge is 0.322 e. The number of nitrogens with zero attached hydrogens (tertiary/aromatic N) is 6. The van der Waals surface area contributed by atoms with E-state index in [1.807, 2.05) is 0 Å². The molecule has 0 aliphatic heterocycles. The number of benzene rings is 2. The Hall–Kier alpha value is -4.38. The third-order valence-electron chi connectivity index (χ3n) is 4.54. The molecule has 0 saturated carbocycles. The fraction of sp³-hybridized carbons (Fsp3) is 0. The lowest BCUT2D eigenvalue weighted by Gasteiger charge is -2.19. The van der Waals surface area contributed by atoms with E-state index in [9.17, 15) is 25.9 Å². The van der Waals surface area contributed by atoms with Crippen LogP contribution in [0.3, 0.4) is 0 Å². The molecule has 4 N–H and O–H groups in total. The van der Waals surface area contributed by atoms with Gasteiger partial charge in [0.25, 0.3) is 20.2 Å². The van der Waals surface area contributed by atoms with Crippen LogP contribution in [-0.4, -0.2) is 55.8 Å². The SMILES string of the molecule is O=S(=O)(O)C(=C(c1cccc(Nc2ncncn2)c1Nc1ncncn1)S(=O)(=O)O)c1ccccc1. The highest BCUT2D eigenvalue weighted by Crippen LogP contribution is 2.41. The van der Waals surface area contributed by atoms with Crippen molar-refractivity contribution in [2.24, 2.45) is 0 Å². The fourth-order valence-corrected chi connectivity index (χ4v) is 5.40. The zero-order valence-electron chi connectivity index (χ0n) is 18.0. The average molecular weight is 529 g/mol. The molecular formula is C20H16N8O6S2. The molecule has 184 valence electrons. The highest BCUT2D eigenvalue weighted by Gasteiger charge is 2.33. The molecule has 36 heavy (non-hydrogen) atoms. The van der Waals surface area contributed by atoms with Crippen LogP contribution in [0.1, 0.15) is 11.1 Å². The summed E-state index contributed by atoms with van der Waals surface area (Å²) >= 11 is 0. The Morgan fingerprint density at radius 2 is 1.17 bits per heavy atom. The van der Waals surface area contributed by atoms with Crippen LogP contribution in [0.15, 0.2) is 73.8 Å². The van der Waals surface area contributed by atoms with Crippen LogP contribution in [0.4, 0.5) is 23.3 Å². The molecule has 0 radical (unpaired) electrons. The first-order chi connectivity index (χ1) is 17.1. The van der Waals surface area contributed by atoms with Crippen molar-refractivity contribution < 1.29 is 25.9 Å². The molecule has 0 atom stereocenters. The van der Waals surface area contributed by atoms with Crippen molar-refractivity contribution in [1.82, 2.24) is 29.9 Å². The Bertz CT molecular complexity index is 1620. The first kappa shape index (κ1) is 24.7. The van der Waals surface area contributed by atoms with E-state index in [1.54, 1.807) is 6.07 Å². The molecule has 0 unspecified atom stereocenters. The molecule has 0 bridgehead atoms. The first-order valence-electron chi connectivity index (χ1n) is 9.80. The molecule has 4 aromatic rings. The van der Waals surface area contributed by atoms with Gasteiger partial charge in [-0.3, -0.25) is 9.11 Å². The molecular weight excluding hydrogens is 512 g/mol. The Kier molecular flexibility index (Phi) is 6.93. The first-order valence-corrected chi connectivity index (χ1v) is 12.7. The number of rotatable bonds is 8. The van der Waals surface area contributed by atoms with Gasteiger partial charge in [-0.15, -0.1) is 0 Å².